The van der Waals surface area contributed by atoms with E-state index in [2.05, 4.69) is 11.8 Å². The third-order valence-electron chi connectivity index (χ3n) is 3.88. The van der Waals surface area contributed by atoms with Crippen LogP contribution < -0.4 is 0 Å². The van der Waals surface area contributed by atoms with Gasteiger partial charge in [0.15, 0.2) is 0 Å². The molecule has 1 fully saturated rings. The topological polar surface area (TPSA) is 40.5 Å². The smallest absolute Gasteiger partial charge is 0.305 e. The van der Waals surface area contributed by atoms with Crippen molar-refractivity contribution in [1.82, 2.24) is 4.90 Å². The number of piperidine rings is 1. The van der Waals surface area contributed by atoms with Crippen molar-refractivity contribution < 1.29 is 14.3 Å². The maximum Gasteiger partial charge on any atom is 0.305 e. The molecule has 0 amide bonds. The van der Waals surface area contributed by atoms with E-state index in [0.717, 1.165) is 24.9 Å². The summed E-state index contributed by atoms with van der Waals surface area (Å²) in [5.41, 5.74) is 0.887. The van der Waals surface area contributed by atoms with E-state index in [4.69, 9.17) is 5.11 Å². The molecule has 2 unspecified atom stereocenters. The van der Waals surface area contributed by atoms with Gasteiger partial charge in [-0.25, -0.2) is 4.39 Å². The maximum atomic E-state index is 13.0. The van der Waals surface area contributed by atoms with Crippen LogP contribution in [0.1, 0.15) is 44.2 Å². The molecule has 4 heteroatoms. The summed E-state index contributed by atoms with van der Waals surface area (Å²) >= 11 is 0. The summed E-state index contributed by atoms with van der Waals surface area (Å²) in [5, 5.41) is 9.12. The highest BCUT2D eigenvalue weighted by molar-refractivity contribution is 5.68. The Morgan fingerprint density at radius 1 is 1.42 bits per heavy atom. The van der Waals surface area contributed by atoms with Crippen molar-refractivity contribution in [3.05, 3.63) is 35.6 Å². The van der Waals surface area contributed by atoms with Gasteiger partial charge >= 0.3 is 5.97 Å². The quantitative estimate of drug-likeness (QED) is 0.908. The lowest BCUT2D eigenvalue weighted by molar-refractivity contribution is -0.138. The predicted octanol–water partition coefficient (Wildman–Crippen LogP) is 3.22. The minimum atomic E-state index is -0.813. The second-order valence-electron chi connectivity index (χ2n) is 5.25. The van der Waals surface area contributed by atoms with Gasteiger partial charge in [-0.05, 0) is 44.0 Å². The monoisotopic (exact) mass is 265 g/mol. The van der Waals surface area contributed by atoms with Crippen LogP contribution in [0.5, 0.6) is 0 Å². The Bertz CT molecular complexity index is 432. The van der Waals surface area contributed by atoms with Gasteiger partial charge < -0.3 is 5.11 Å². The number of halogens is 1. The number of nitrogens with zero attached hydrogens (tertiary/aromatic N) is 1. The summed E-state index contributed by atoms with van der Waals surface area (Å²) in [5.74, 6) is -1.10. The van der Waals surface area contributed by atoms with Crippen molar-refractivity contribution in [1.29, 1.82) is 0 Å². The van der Waals surface area contributed by atoms with Crippen LogP contribution in [0.25, 0.3) is 0 Å². The van der Waals surface area contributed by atoms with Gasteiger partial charge in [-0.3, -0.25) is 9.69 Å². The van der Waals surface area contributed by atoms with Gasteiger partial charge in [0.25, 0.3) is 0 Å². The first-order valence-corrected chi connectivity index (χ1v) is 6.81. The highest BCUT2D eigenvalue weighted by atomic mass is 19.1. The molecule has 0 spiro atoms. The van der Waals surface area contributed by atoms with Crippen molar-refractivity contribution >= 4 is 5.97 Å². The van der Waals surface area contributed by atoms with Crippen molar-refractivity contribution in [2.24, 2.45) is 0 Å². The fraction of sp³-hybridized carbons (Fsp3) is 0.533. The summed E-state index contributed by atoms with van der Waals surface area (Å²) in [6.07, 6.45) is 3.45. The number of rotatable bonds is 4. The Kier molecular flexibility index (Phi) is 4.53. The Labute approximate surface area is 113 Å². The number of aliphatic carboxylic acids is 1. The summed E-state index contributed by atoms with van der Waals surface area (Å²) in [6.45, 7) is 3.05. The third kappa shape index (κ3) is 3.53. The molecular weight excluding hydrogens is 245 g/mol. The predicted molar refractivity (Wildman–Crippen MR) is 71.4 cm³/mol. The molecule has 0 radical (unpaired) electrons. The van der Waals surface area contributed by atoms with Crippen molar-refractivity contribution in [3.8, 4) is 0 Å². The first-order chi connectivity index (χ1) is 9.08. The average Bonchev–Trinajstić information content (AvgIpc) is 2.38. The zero-order chi connectivity index (χ0) is 13.8. The lowest BCUT2D eigenvalue weighted by Crippen LogP contribution is -2.41. The largest absolute Gasteiger partial charge is 0.481 e. The van der Waals surface area contributed by atoms with E-state index >= 15 is 0 Å². The van der Waals surface area contributed by atoms with Gasteiger partial charge in [-0.15, -0.1) is 0 Å². The van der Waals surface area contributed by atoms with Crippen molar-refractivity contribution in [2.45, 2.75) is 44.7 Å². The van der Waals surface area contributed by atoms with Crippen LogP contribution in [-0.4, -0.2) is 28.6 Å². The van der Waals surface area contributed by atoms with E-state index in [0.29, 0.717) is 6.04 Å². The van der Waals surface area contributed by atoms with Crippen LogP contribution in [0.3, 0.4) is 0 Å². The number of carbonyl (C=O) groups is 1. The minimum absolute atomic E-state index is 0.0654. The lowest BCUT2D eigenvalue weighted by atomic mass is 9.95. The van der Waals surface area contributed by atoms with Gasteiger partial charge in [0.2, 0.25) is 0 Å². The van der Waals surface area contributed by atoms with Crippen LogP contribution in [0.4, 0.5) is 4.39 Å². The molecule has 0 bridgehead atoms. The van der Waals surface area contributed by atoms with Crippen LogP contribution in [0.2, 0.25) is 0 Å². The number of hydrogen-bond donors (Lipinski definition) is 1. The second-order valence-corrected chi connectivity index (χ2v) is 5.25. The molecule has 1 aliphatic heterocycles. The first-order valence-electron chi connectivity index (χ1n) is 6.81. The number of hydrogen-bond acceptors (Lipinski definition) is 2. The number of likely N-dealkylation sites (tertiary alicyclic amines) is 1. The molecule has 104 valence electrons. The fourth-order valence-corrected chi connectivity index (χ4v) is 2.86. The highest BCUT2D eigenvalue weighted by Gasteiger charge is 2.28. The average molecular weight is 265 g/mol. The van der Waals surface area contributed by atoms with Crippen LogP contribution in [-0.2, 0) is 4.79 Å². The highest BCUT2D eigenvalue weighted by Crippen LogP contribution is 2.31. The molecule has 2 rings (SSSR count). The van der Waals surface area contributed by atoms with Crippen LogP contribution in [0.15, 0.2) is 24.3 Å². The van der Waals surface area contributed by atoms with E-state index in [1.165, 1.54) is 18.6 Å². The Balaban J connectivity index is 2.24. The van der Waals surface area contributed by atoms with Crippen molar-refractivity contribution in [3.63, 3.8) is 0 Å². The zero-order valence-electron chi connectivity index (χ0n) is 11.2. The van der Waals surface area contributed by atoms with Gasteiger partial charge in [-0.2, -0.15) is 0 Å². The third-order valence-corrected chi connectivity index (χ3v) is 3.88. The molecule has 0 aromatic heterocycles. The van der Waals surface area contributed by atoms with Gasteiger partial charge in [-0.1, -0.05) is 18.6 Å². The lowest BCUT2D eigenvalue weighted by Gasteiger charge is -2.39. The Morgan fingerprint density at radius 3 is 2.68 bits per heavy atom. The van der Waals surface area contributed by atoms with Crippen LogP contribution in [0, 0.1) is 5.82 Å². The molecular formula is C15H20FNO2. The fourth-order valence-electron chi connectivity index (χ4n) is 2.86. The second kappa shape index (κ2) is 6.15. The van der Waals surface area contributed by atoms with E-state index in [1.807, 2.05) is 0 Å². The molecule has 1 aliphatic rings. The van der Waals surface area contributed by atoms with Gasteiger partial charge in [0.1, 0.15) is 5.82 Å². The Morgan fingerprint density at radius 2 is 2.11 bits per heavy atom. The molecule has 3 nitrogen and oxygen atoms in total. The molecule has 0 aliphatic carbocycles. The number of benzene rings is 1. The van der Waals surface area contributed by atoms with E-state index in [-0.39, 0.29) is 18.3 Å². The van der Waals surface area contributed by atoms with E-state index in [1.54, 1.807) is 12.1 Å². The zero-order valence-corrected chi connectivity index (χ0v) is 11.2. The van der Waals surface area contributed by atoms with Crippen molar-refractivity contribution in [2.75, 3.05) is 6.54 Å². The summed E-state index contributed by atoms with van der Waals surface area (Å²) < 4.78 is 13.0. The number of carboxylic acid groups (broad SMARTS) is 1. The molecule has 0 saturated carbocycles. The SMILES string of the molecule is CC1CCCCN1C(CC(=O)O)c1ccc(F)cc1. The molecule has 2 atom stereocenters. The van der Waals surface area contributed by atoms with E-state index < -0.39 is 5.97 Å². The van der Waals surface area contributed by atoms with E-state index in [9.17, 15) is 9.18 Å². The van der Waals surface area contributed by atoms with Gasteiger partial charge in [0, 0.05) is 12.1 Å². The normalized spacial score (nSPS) is 22.1. The maximum absolute atomic E-state index is 13.0. The minimum Gasteiger partial charge on any atom is -0.481 e. The molecule has 1 aromatic carbocycles. The Hall–Kier alpha value is -1.42. The summed E-state index contributed by atoms with van der Waals surface area (Å²) in [7, 11) is 0. The number of carboxylic acids is 1. The van der Waals surface area contributed by atoms with Crippen LogP contribution >= 0.6 is 0 Å². The molecule has 19 heavy (non-hydrogen) atoms. The standard InChI is InChI=1S/C15H20FNO2/c1-11-4-2-3-9-17(11)14(10-15(18)19)12-5-7-13(16)8-6-12/h5-8,11,14H,2-4,9-10H2,1H3,(H,18,19). The molecule has 1 saturated heterocycles. The summed E-state index contributed by atoms with van der Waals surface area (Å²) in [4.78, 5) is 13.3. The van der Waals surface area contributed by atoms with Gasteiger partial charge in [0.05, 0.1) is 6.42 Å². The first kappa shape index (κ1) is 14.0. The molecule has 1 heterocycles. The molecule has 1 aromatic rings. The molecule has 1 N–H and O–H groups in total. The summed E-state index contributed by atoms with van der Waals surface area (Å²) in [6, 6.07) is 6.42.